The summed E-state index contributed by atoms with van der Waals surface area (Å²) in [5.41, 5.74) is 8.23. The Labute approximate surface area is 187 Å². The number of urea groups is 1. The molecule has 2 aromatic heterocycles. The van der Waals surface area contributed by atoms with Gasteiger partial charge in [-0.05, 0) is 30.3 Å². The van der Waals surface area contributed by atoms with Crippen molar-refractivity contribution >= 4 is 45.5 Å². The van der Waals surface area contributed by atoms with Gasteiger partial charge < -0.3 is 16.4 Å². The molecule has 0 aliphatic carbocycles. The van der Waals surface area contributed by atoms with Crippen LogP contribution in [0.1, 0.15) is 0 Å². The Morgan fingerprint density at radius 1 is 1.10 bits per heavy atom. The predicted octanol–water partition coefficient (Wildman–Crippen LogP) is 5.32. The van der Waals surface area contributed by atoms with Gasteiger partial charge in [-0.1, -0.05) is 35.1 Å². The van der Waals surface area contributed by atoms with Gasteiger partial charge in [-0.2, -0.15) is 0 Å². The molecule has 6 nitrogen and oxygen atoms in total. The van der Waals surface area contributed by atoms with Gasteiger partial charge in [0, 0.05) is 34.0 Å². The van der Waals surface area contributed by atoms with E-state index < -0.39 is 11.8 Å². The maximum Gasteiger partial charge on any atom is 0.323 e. The van der Waals surface area contributed by atoms with E-state index >= 15 is 4.39 Å². The number of nitrogen functional groups attached to an aromatic ring is 1. The summed E-state index contributed by atoms with van der Waals surface area (Å²) >= 11 is 7.04. The highest BCUT2D eigenvalue weighted by Gasteiger charge is 2.20. The molecule has 0 saturated carbocycles. The van der Waals surface area contributed by atoms with E-state index in [1.807, 2.05) is 36.1 Å². The first-order valence-corrected chi connectivity index (χ1v) is 10.4. The third kappa shape index (κ3) is 4.65. The summed E-state index contributed by atoms with van der Waals surface area (Å²) in [5, 5.41) is 6.07. The molecule has 0 radical (unpaired) electrons. The number of halogens is 2. The molecule has 4 aromatic rings. The number of aromatic nitrogens is 2. The van der Waals surface area contributed by atoms with E-state index in [4.69, 9.17) is 17.3 Å². The highest BCUT2D eigenvalue weighted by Crippen LogP contribution is 2.40. The van der Waals surface area contributed by atoms with Crippen molar-refractivity contribution in [2.24, 2.45) is 7.05 Å². The molecule has 0 bridgehead atoms. The van der Waals surface area contributed by atoms with Gasteiger partial charge in [0.15, 0.2) is 23.3 Å². The van der Waals surface area contributed by atoms with Crippen LogP contribution in [0.3, 0.4) is 0 Å². The van der Waals surface area contributed by atoms with Gasteiger partial charge in [0.1, 0.15) is 7.05 Å². The van der Waals surface area contributed by atoms with Gasteiger partial charge in [-0.25, -0.2) is 18.7 Å². The summed E-state index contributed by atoms with van der Waals surface area (Å²) in [5.74, 6) is -0.569. The molecular formula is C22H18ClFN5OS+. The molecule has 0 atom stereocenters. The van der Waals surface area contributed by atoms with E-state index in [0.29, 0.717) is 32.0 Å². The molecule has 156 valence electrons. The molecule has 2 amide bonds. The highest BCUT2D eigenvalue weighted by molar-refractivity contribution is 7.19. The molecule has 2 heterocycles. The number of carbonyl (C=O) groups is 1. The lowest BCUT2D eigenvalue weighted by molar-refractivity contribution is -0.671. The molecule has 4 rings (SSSR count). The van der Waals surface area contributed by atoms with Crippen LogP contribution in [0.2, 0.25) is 5.02 Å². The second kappa shape index (κ2) is 8.71. The fourth-order valence-corrected chi connectivity index (χ4v) is 4.00. The van der Waals surface area contributed by atoms with Crippen molar-refractivity contribution in [3.8, 4) is 21.7 Å². The van der Waals surface area contributed by atoms with Crippen molar-refractivity contribution < 1.29 is 13.8 Å². The van der Waals surface area contributed by atoms with Crippen LogP contribution in [0.5, 0.6) is 0 Å². The lowest BCUT2D eigenvalue weighted by Crippen LogP contribution is -2.25. The number of hydrogen-bond donors (Lipinski definition) is 3. The fourth-order valence-electron chi connectivity index (χ4n) is 3.00. The van der Waals surface area contributed by atoms with Crippen molar-refractivity contribution in [1.82, 2.24) is 4.98 Å². The molecular weight excluding hydrogens is 437 g/mol. The third-order valence-electron chi connectivity index (χ3n) is 4.49. The summed E-state index contributed by atoms with van der Waals surface area (Å²) in [6.07, 6.45) is 3.76. The molecule has 0 unspecified atom stereocenters. The Morgan fingerprint density at radius 3 is 2.52 bits per heavy atom. The van der Waals surface area contributed by atoms with E-state index in [1.165, 1.54) is 17.4 Å². The lowest BCUT2D eigenvalue weighted by Gasteiger charge is -2.11. The zero-order valence-electron chi connectivity index (χ0n) is 16.4. The van der Waals surface area contributed by atoms with Gasteiger partial charge in [0.25, 0.3) is 0 Å². The number of carbonyl (C=O) groups excluding carboxylic acids is 1. The second-order valence-electron chi connectivity index (χ2n) is 6.74. The average Bonchev–Trinajstić information content (AvgIpc) is 3.13. The SMILES string of the molecule is C[n+]1ccc(-c2nc(N)sc2-c2cccc(NC(=O)Nc3ccc(Cl)cc3)c2F)cc1. The van der Waals surface area contributed by atoms with Crippen LogP contribution in [0.25, 0.3) is 21.7 Å². The Kier molecular flexibility index (Phi) is 5.83. The largest absolute Gasteiger partial charge is 0.375 e. The van der Waals surface area contributed by atoms with E-state index in [-0.39, 0.29) is 5.69 Å². The lowest BCUT2D eigenvalue weighted by atomic mass is 10.1. The number of thiazole rings is 1. The van der Waals surface area contributed by atoms with Crippen LogP contribution < -0.4 is 20.9 Å². The van der Waals surface area contributed by atoms with E-state index in [1.54, 1.807) is 36.4 Å². The molecule has 2 aromatic carbocycles. The zero-order valence-corrected chi connectivity index (χ0v) is 18.0. The number of rotatable bonds is 4. The minimum Gasteiger partial charge on any atom is -0.375 e. The molecule has 0 spiro atoms. The molecule has 0 fully saturated rings. The van der Waals surface area contributed by atoms with Crippen LogP contribution in [0, 0.1) is 5.82 Å². The van der Waals surface area contributed by atoms with E-state index in [9.17, 15) is 4.79 Å². The molecule has 9 heteroatoms. The van der Waals surface area contributed by atoms with Crippen molar-refractivity contribution in [2.75, 3.05) is 16.4 Å². The van der Waals surface area contributed by atoms with Crippen molar-refractivity contribution in [3.63, 3.8) is 0 Å². The standard InChI is InChI=1S/C22H17ClFN5OS/c1-29-11-9-13(10-12-29)19-20(31-21(25)28-19)16-3-2-4-17(18(16)24)27-22(30)26-15-7-5-14(23)6-8-15/h2-12H,1H3,(H3-,25,26,27,28,30)/p+1. The van der Waals surface area contributed by atoms with Crippen LogP contribution >= 0.6 is 22.9 Å². The summed E-state index contributed by atoms with van der Waals surface area (Å²) in [7, 11) is 1.91. The number of nitrogens with zero attached hydrogens (tertiary/aromatic N) is 2. The Bertz CT molecular complexity index is 1240. The smallest absolute Gasteiger partial charge is 0.323 e. The third-order valence-corrected chi connectivity index (χ3v) is 5.66. The Balaban J connectivity index is 1.63. The van der Waals surface area contributed by atoms with Gasteiger partial charge in [0.05, 0.1) is 16.3 Å². The van der Waals surface area contributed by atoms with Crippen LogP contribution in [0.15, 0.2) is 67.0 Å². The number of benzene rings is 2. The van der Waals surface area contributed by atoms with Gasteiger partial charge >= 0.3 is 6.03 Å². The summed E-state index contributed by atoms with van der Waals surface area (Å²) in [6.45, 7) is 0. The summed E-state index contributed by atoms with van der Waals surface area (Å²) in [4.78, 5) is 17.3. The first-order valence-electron chi connectivity index (χ1n) is 9.25. The molecule has 0 aliphatic rings. The Hall–Kier alpha value is -3.49. The van der Waals surface area contributed by atoms with Crippen LogP contribution in [-0.4, -0.2) is 11.0 Å². The van der Waals surface area contributed by atoms with Gasteiger partial charge in [0.2, 0.25) is 0 Å². The highest BCUT2D eigenvalue weighted by atomic mass is 35.5. The number of pyridine rings is 1. The predicted molar refractivity (Wildman–Crippen MR) is 123 cm³/mol. The van der Waals surface area contributed by atoms with Crippen LogP contribution in [0.4, 0.5) is 25.7 Å². The first-order chi connectivity index (χ1) is 14.9. The van der Waals surface area contributed by atoms with E-state index in [0.717, 1.165) is 5.56 Å². The summed E-state index contributed by atoms with van der Waals surface area (Å²) in [6, 6.07) is 14.6. The number of amides is 2. The monoisotopic (exact) mass is 454 g/mol. The summed E-state index contributed by atoms with van der Waals surface area (Å²) < 4.78 is 17.2. The topological polar surface area (TPSA) is 83.9 Å². The number of nitrogens with one attached hydrogen (secondary N) is 2. The van der Waals surface area contributed by atoms with Crippen LogP contribution in [-0.2, 0) is 7.05 Å². The van der Waals surface area contributed by atoms with Crippen molar-refractivity contribution in [2.45, 2.75) is 0 Å². The molecule has 0 saturated heterocycles. The van der Waals surface area contributed by atoms with Gasteiger partial charge in [-0.3, -0.25) is 0 Å². The number of aryl methyl sites for hydroxylation is 1. The van der Waals surface area contributed by atoms with E-state index in [2.05, 4.69) is 15.6 Å². The number of hydrogen-bond acceptors (Lipinski definition) is 4. The first kappa shape index (κ1) is 20.8. The van der Waals surface area contributed by atoms with Crippen molar-refractivity contribution in [3.05, 3.63) is 77.8 Å². The Morgan fingerprint density at radius 2 is 1.81 bits per heavy atom. The maximum absolute atomic E-state index is 15.4. The second-order valence-corrected chi connectivity index (χ2v) is 8.20. The minimum absolute atomic E-state index is 0.0429. The molecule has 4 N–H and O–H groups in total. The average molecular weight is 455 g/mol. The molecule has 0 aliphatic heterocycles. The minimum atomic E-state index is -0.571. The molecule has 31 heavy (non-hydrogen) atoms. The number of anilines is 3. The van der Waals surface area contributed by atoms with Crippen molar-refractivity contribution in [1.29, 1.82) is 0 Å². The normalized spacial score (nSPS) is 10.7. The zero-order chi connectivity index (χ0) is 22.0. The van der Waals surface area contributed by atoms with Gasteiger partial charge in [-0.15, -0.1) is 0 Å². The quantitative estimate of drug-likeness (QED) is 0.365. The fraction of sp³-hybridized carbons (Fsp3) is 0.0455. The number of nitrogens with two attached hydrogens (primary N) is 1. The maximum atomic E-state index is 15.4.